The van der Waals surface area contributed by atoms with Crippen LogP contribution in [0.2, 0.25) is 0 Å². The zero-order valence-corrected chi connectivity index (χ0v) is 12.2. The molecule has 0 amide bonds. The first-order valence-corrected chi connectivity index (χ1v) is 7.29. The van der Waals surface area contributed by atoms with Crippen molar-refractivity contribution in [3.63, 3.8) is 0 Å². The second kappa shape index (κ2) is 4.80. The van der Waals surface area contributed by atoms with E-state index in [4.69, 9.17) is 4.74 Å². The largest absolute Gasteiger partial charge is 0.369 e. The number of rotatable bonds is 1. The minimum Gasteiger partial charge on any atom is -0.369 e. The van der Waals surface area contributed by atoms with Crippen molar-refractivity contribution in [1.82, 2.24) is 5.32 Å². The number of hydrogen-bond donors (Lipinski definition) is 1. The van der Waals surface area contributed by atoms with E-state index in [1.807, 2.05) is 0 Å². The molecule has 0 saturated carbocycles. The van der Waals surface area contributed by atoms with Crippen LogP contribution in [0.25, 0.3) is 0 Å². The van der Waals surface area contributed by atoms with Gasteiger partial charge in [-0.3, -0.25) is 0 Å². The van der Waals surface area contributed by atoms with Gasteiger partial charge in [0.15, 0.2) is 0 Å². The Labute approximate surface area is 115 Å². The number of anilines is 1. The van der Waals surface area contributed by atoms with E-state index in [2.05, 4.69) is 49.2 Å². The summed E-state index contributed by atoms with van der Waals surface area (Å²) in [6, 6.07) is 6.74. The van der Waals surface area contributed by atoms with Crippen molar-refractivity contribution < 1.29 is 4.74 Å². The van der Waals surface area contributed by atoms with Crippen LogP contribution in [0, 0.1) is 0 Å². The summed E-state index contributed by atoms with van der Waals surface area (Å²) in [5, 5.41) is 3.49. The lowest BCUT2D eigenvalue weighted by Crippen LogP contribution is -2.52. The smallest absolute Gasteiger partial charge is 0.0805 e. The zero-order valence-electron chi connectivity index (χ0n) is 12.2. The summed E-state index contributed by atoms with van der Waals surface area (Å²) in [6.07, 6.45) is 1.43. The van der Waals surface area contributed by atoms with Gasteiger partial charge in [-0.25, -0.2) is 0 Å². The maximum atomic E-state index is 6.01. The Morgan fingerprint density at radius 2 is 2.21 bits per heavy atom. The lowest BCUT2D eigenvalue weighted by atomic mass is 9.97. The van der Waals surface area contributed by atoms with Gasteiger partial charge in [-0.15, -0.1) is 0 Å². The Balaban J connectivity index is 1.93. The fraction of sp³-hybridized carbons (Fsp3) is 0.625. The van der Waals surface area contributed by atoms with Crippen molar-refractivity contribution in [2.24, 2.45) is 0 Å². The SMILES string of the molecule is CC1CN(c2cccc3c2CNCC3)CC(C)(C)O1. The van der Waals surface area contributed by atoms with Gasteiger partial charge in [-0.05, 0) is 50.9 Å². The second-order valence-corrected chi connectivity index (χ2v) is 6.41. The van der Waals surface area contributed by atoms with Crippen LogP contribution in [0.3, 0.4) is 0 Å². The van der Waals surface area contributed by atoms with Gasteiger partial charge in [0.05, 0.1) is 11.7 Å². The van der Waals surface area contributed by atoms with Crippen LogP contribution >= 0.6 is 0 Å². The summed E-state index contributed by atoms with van der Waals surface area (Å²) in [4.78, 5) is 2.50. The normalized spacial score (nSPS) is 26.1. The van der Waals surface area contributed by atoms with Crippen LogP contribution in [-0.2, 0) is 17.7 Å². The molecule has 1 N–H and O–H groups in total. The predicted molar refractivity (Wildman–Crippen MR) is 78.7 cm³/mol. The molecule has 0 aliphatic carbocycles. The summed E-state index contributed by atoms with van der Waals surface area (Å²) >= 11 is 0. The van der Waals surface area contributed by atoms with Crippen molar-refractivity contribution >= 4 is 5.69 Å². The molecule has 1 atom stereocenters. The monoisotopic (exact) mass is 260 g/mol. The Morgan fingerprint density at radius 1 is 1.37 bits per heavy atom. The minimum atomic E-state index is -0.0670. The molecule has 2 aliphatic rings. The number of fused-ring (bicyclic) bond motifs is 1. The number of morpholine rings is 1. The average molecular weight is 260 g/mol. The van der Waals surface area contributed by atoms with E-state index < -0.39 is 0 Å². The number of nitrogens with one attached hydrogen (secondary N) is 1. The second-order valence-electron chi connectivity index (χ2n) is 6.41. The van der Waals surface area contributed by atoms with E-state index in [0.29, 0.717) is 0 Å². The van der Waals surface area contributed by atoms with Gasteiger partial charge in [-0.1, -0.05) is 12.1 Å². The van der Waals surface area contributed by atoms with E-state index in [1.165, 1.54) is 16.8 Å². The number of nitrogens with zero attached hydrogens (tertiary/aromatic N) is 1. The predicted octanol–water partition coefficient (Wildman–Crippen LogP) is 2.34. The molecule has 0 aromatic heterocycles. The fourth-order valence-electron chi connectivity index (χ4n) is 3.43. The van der Waals surface area contributed by atoms with Crippen LogP contribution in [0.15, 0.2) is 18.2 Å². The molecular formula is C16H24N2O. The standard InChI is InChI=1S/C16H24N2O/c1-12-10-18(11-16(2,3)19-12)15-6-4-5-13-7-8-17-9-14(13)15/h4-6,12,17H,7-11H2,1-3H3. The summed E-state index contributed by atoms with van der Waals surface area (Å²) in [5.74, 6) is 0. The lowest BCUT2D eigenvalue weighted by molar-refractivity contribution is -0.0750. The van der Waals surface area contributed by atoms with Crippen LogP contribution < -0.4 is 10.2 Å². The van der Waals surface area contributed by atoms with Crippen LogP contribution in [-0.4, -0.2) is 31.3 Å². The molecule has 0 bridgehead atoms. The van der Waals surface area contributed by atoms with E-state index in [9.17, 15) is 0 Å². The van der Waals surface area contributed by atoms with Gasteiger partial charge in [0, 0.05) is 25.3 Å². The number of hydrogen-bond acceptors (Lipinski definition) is 3. The molecule has 19 heavy (non-hydrogen) atoms. The molecule has 0 spiro atoms. The highest BCUT2D eigenvalue weighted by molar-refractivity contribution is 5.58. The highest BCUT2D eigenvalue weighted by atomic mass is 16.5. The molecule has 3 nitrogen and oxygen atoms in total. The molecule has 1 saturated heterocycles. The molecule has 2 aliphatic heterocycles. The third-order valence-electron chi connectivity index (χ3n) is 4.03. The van der Waals surface area contributed by atoms with Crippen LogP contribution in [0.5, 0.6) is 0 Å². The molecule has 0 radical (unpaired) electrons. The zero-order chi connectivity index (χ0) is 13.5. The highest BCUT2D eigenvalue weighted by Gasteiger charge is 2.32. The summed E-state index contributed by atoms with van der Waals surface area (Å²) < 4.78 is 6.01. The third kappa shape index (κ3) is 2.63. The van der Waals surface area contributed by atoms with E-state index >= 15 is 0 Å². The first-order valence-electron chi connectivity index (χ1n) is 7.29. The Kier molecular flexibility index (Phi) is 3.27. The van der Waals surface area contributed by atoms with E-state index in [1.54, 1.807) is 0 Å². The summed E-state index contributed by atoms with van der Waals surface area (Å²) in [6.45, 7) is 10.6. The average Bonchev–Trinajstić information content (AvgIpc) is 2.35. The number of benzene rings is 1. The molecule has 3 heteroatoms. The van der Waals surface area contributed by atoms with Crippen LogP contribution in [0.1, 0.15) is 31.9 Å². The summed E-state index contributed by atoms with van der Waals surface area (Å²) in [7, 11) is 0. The van der Waals surface area contributed by atoms with Gasteiger partial charge in [0.2, 0.25) is 0 Å². The first kappa shape index (κ1) is 12.9. The minimum absolute atomic E-state index is 0.0670. The van der Waals surface area contributed by atoms with Gasteiger partial charge in [-0.2, -0.15) is 0 Å². The quantitative estimate of drug-likeness (QED) is 0.839. The molecule has 1 aromatic carbocycles. The maximum absolute atomic E-state index is 6.01. The number of ether oxygens (including phenoxy) is 1. The van der Waals surface area contributed by atoms with Crippen molar-refractivity contribution in [2.45, 2.75) is 45.4 Å². The van der Waals surface area contributed by atoms with Crippen molar-refractivity contribution in [1.29, 1.82) is 0 Å². The molecule has 1 unspecified atom stereocenters. The molecule has 1 aromatic rings. The van der Waals surface area contributed by atoms with Crippen molar-refractivity contribution in [3.8, 4) is 0 Å². The van der Waals surface area contributed by atoms with Gasteiger partial charge >= 0.3 is 0 Å². The third-order valence-corrected chi connectivity index (χ3v) is 4.03. The molecule has 1 fully saturated rings. The molecule has 3 rings (SSSR count). The molecular weight excluding hydrogens is 236 g/mol. The maximum Gasteiger partial charge on any atom is 0.0805 e. The molecule has 2 heterocycles. The van der Waals surface area contributed by atoms with Gasteiger partial charge in [0.1, 0.15) is 0 Å². The van der Waals surface area contributed by atoms with E-state index in [-0.39, 0.29) is 11.7 Å². The Hall–Kier alpha value is -1.06. The van der Waals surface area contributed by atoms with Crippen molar-refractivity contribution in [2.75, 3.05) is 24.5 Å². The Morgan fingerprint density at radius 3 is 3.00 bits per heavy atom. The Bertz CT molecular complexity index is 470. The molecule has 104 valence electrons. The van der Waals surface area contributed by atoms with Crippen molar-refractivity contribution in [3.05, 3.63) is 29.3 Å². The van der Waals surface area contributed by atoms with Gasteiger partial charge < -0.3 is 15.0 Å². The fourth-order valence-corrected chi connectivity index (χ4v) is 3.43. The lowest BCUT2D eigenvalue weighted by Gasteiger charge is -2.44. The van der Waals surface area contributed by atoms with E-state index in [0.717, 1.165) is 32.6 Å². The highest BCUT2D eigenvalue weighted by Crippen LogP contribution is 2.31. The first-order chi connectivity index (χ1) is 9.05. The summed E-state index contributed by atoms with van der Waals surface area (Å²) in [5.41, 5.74) is 4.32. The van der Waals surface area contributed by atoms with Gasteiger partial charge in [0.25, 0.3) is 0 Å². The topological polar surface area (TPSA) is 24.5 Å². The van der Waals surface area contributed by atoms with Crippen LogP contribution in [0.4, 0.5) is 5.69 Å².